The third kappa shape index (κ3) is 10.1. The molecule has 8 N–H and O–H groups in total. The molecule has 0 aliphatic rings. The molecule has 4 unspecified atom stereocenters. The SMILES string of the molecule is CC(NC(=O)C(CCC(=O)O)NC(=O)C(CC(=O)O)NC(=O)C(N)Cc1ccccc1)C(=O)O. The summed E-state index contributed by atoms with van der Waals surface area (Å²) in [6.07, 6.45) is -1.67. The van der Waals surface area contributed by atoms with Gasteiger partial charge in [-0.2, -0.15) is 0 Å². The molecule has 0 aromatic heterocycles. The fraction of sp³-hybridized carbons (Fsp3) is 0.429. The van der Waals surface area contributed by atoms with Gasteiger partial charge in [0.25, 0.3) is 0 Å². The number of hydrogen-bond donors (Lipinski definition) is 7. The summed E-state index contributed by atoms with van der Waals surface area (Å²) < 4.78 is 0. The lowest BCUT2D eigenvalue weighted by Gasteiger charge is -2.24. The maximum atomic E-state index is 12.7. The molecule has 1 aromatic rings. The first-order chi connectivity index (χ1) is 15.9. The molecule has 0 aliphatic carbocycles. The van der Waals surface area contributed by atoms with E-state index in [1.54, 1.807) is 30.3 Å². The van der Waals surface area contributed by atoms with Gasteiger partial charge >= 0.3 is 17.9 Å². The second-order valence-electron chi connectivity index (χ2n) is 7.52. The largest absolute Gasteiger partial charge is 0.481 e. The Morgan fingerprint density at radius 1 is 0.824 bits per heavy atom. The van der Waals surface area contributed by atoms with Crippen LogP contribution in [0.2, 0.25) is 0 Å². The Labute approximate surface area is 194 Å². The van der Waals surface area contributed by atoms with E-state index in [0.717, 1.165) is 12.5 Å². The molecule has 0 bridgehead atoms. The minimum absolute atomic E-state index is 0.116. The number of nitrogens with two attached hydrogens (primary N) is 1. The quantitative estimate of drug-likeness (QED) is 0.162. The molecule has 0 saturated heterocycles. The van der Waals surface area contributed by atoms with Crippen LogP contribution in [0.5, 0.6) is 0 Å². The number of aliphatic carboxylic acids is 3. The van der Waals surface area contributed by atoms with E-state index in [4.69, 9.17) is 21.1 Å². The summed E-state index contributed by atoms with van der Waals surface area (Å²) in [5.41, 5.74) is 6.60. The number of nitrogens with one attached hydrogen (secondary N) is 3. The van der Waals surface area contributed by atoms with Gasteiger partial charge in [-0.3, -0.25) is 28.8 Å². The molecule has 13 nitrogen and oxygen atoms in total. The second kappa shape index (κ2) is 13.5. The van der Waals surface area contributed by atoms with Crippen LogP contribution in [0.3, 0.4) is 0 Å². The fourth-order valence-electron chi connectivity index (χ4n) is 2.81. The van der Waals surface area contributed by atoms with E-state index in [9.17, 15) is 28.8 Å². The number of carbonyl (C=O) groups excluding carboxylic acids is 3. The van der Waals surface area contributed by atoms with E-state index in [0.29, 0.717) is 0 Å². The van der Waals surface area contributed by atoms with E-state index in [1.807, 2.05) is 0 Å². The zero-order chi connectivity index (χ0) is 25.8. The molecule has 0 spiro atoms. The first-order valence-corrected chi connectivity index (χ1v) is 10.3. The fourth-order valence-corrected chi connectivity index (χ4v) is 2.81. The number of carboxylic acid groups (broad SMARTS) is 3. The number of benzene rings is 1. The summed E-state index contributed by atoms with van der Waals surface area (Å²) in [4.78, 5) is 70.6. The molecule has 0 heterocycles. The van der Waals surface area contributed by atoms with Crippen molar-refractivity contribution in [2.45, 2.75) is 56.8 Å². The molecule has 0 radical (unpaired) electrons. The molecule has 0 saturated carbocycles. The molecule has 0 fully saturated rings. The van der Waals surface area contributed by atoms with Gasteiger partial charge in [-0.05, 0) is 25.3 Å². The Morgan fingerprint density at radius 3 is 1.91 bits per heavy atom. The van der Waals surface area contributed by atoms with E-state index < -0.39 is 79.1 Å². The van der Waals surface area contributed by atoms with Gasteiger partial charge in [-0.1, -0.05) is 30.3 Å². The normalized spacial score (nSPS) is 14.1. The van der Waals surface area contributed by atoms with Crippen LogP contribution in [-0.4, -0.2) is 75.1 Å². The van der Waals surface area contributed by atoms with Crippen LogP contribution in [0.15, 0.2) is 30.3 Å². The van der Waals surface area contributed by atoms with Crippen LogP contribution in [0, 0.1) is 0 Å². The van der Waals surface area contributed by atoms with E-state index in [1.165, 1.54) is 0 Å². The highest BCUT2D eigenvalue weighted by atomic mass is 16.4. The number of rotatable bonds is 14. The van der Waals surface area contributed by atoms with Crippen molar-refractivity contribution in [1.82, 2.24) is 16.0 Å². The molecule has 4 atom stereocenters. The smallest absolute Gasteiger partial charge is 0.325 e. The van der Waals surface area contributed by atoms with E-state index in [2.05, 4.69) is 16.0 Å². The Kier molecular flexibility index (Phi) is 11.2. The van der Waals surface area contributed by atoms with Crippen molar-refractivity contribution in [3.8, 4) is 0 Å². The lowest BCUT2D eigenvalue weighted by molar-refractivity contribution is -0.143. The van der Waals surface area contributed by atoms with Crippen molar-refractivity contribution in [1.29, 1.82) is 0 Å². The van der Waals surface area contributed by atoms with Crippen molar-refractivity contribution >= 4 is 35.6 Å². The van der Waals surface area contributed by atoms with Crippen LogP contribution in [-0.2, 0) is 35.2 Å². The van der Waals surface area contributed by atoms with Gasteiger partial charge in [0.05, 0.1) is 12.5 Å². The zero-order valence-electron chi connectivity index (χ0n) is 18.4. The molecule has 0 aliphatic heterocycles. The van der Waals surface area contributed by atoms with Gasteiger partial charge in [-0.25, -0.2) is 0 Å². The number of hydrogen-bond acceptors (Lipinski definition) is 7. The third-order valence-electron chi connectivity index (χ3n) is 4.66. The molecule has 34 heavy (non-hydrogen) atoms. The maximum absolute atomic E-state index is 12.7. The van der Waals surface area contributed by atoms with Crippen molar-refractivity contribution in [2.75, 3.05) is 0 Å². The molecule has 13 heteroatoms. The predicted molar refractivity (Wildman–Crippen MR) is 116 cm³/mol. The first-order valence-electron chi connectivity index (χ1n) is 10.3. The van der Waals surface area contributed by atoms with E-state index in [-0.39, 0.29) is 6.42 Å². The van der Waals surface area contributed by atoms with Crippen LogP contribution in [0.1, 0.15) is 31.7 Å². The second-order valence-corrected chi connectivity index (χ2v) is 7.52. The summed E-state index contributed by atoms with van der Waals surface area (Å²) >= 11 is 0. The topological polar surface area (TPSA) is 225 Å². The van der Waals surface area contributed by atoms with Gasteiger partial charge in [0.1, 0.15) is 18.1 Å². The maximum Gasteiger partial charge on any atom is 0.325 e. The van der Waals surface area contributed by atoms with Crippen molar-refractivity contribution < 1.29 is 44.1 Å². The van der Waals surface area contributed by atoms with Gasteiger partial charge < -0.3 is 37.0 Å². The summed E-state index contributed by atoms with van der Waals surface area (Å²) in [5, 5.41) is 33.5. The molecule has 1 aromatic carbocycles. The van der Waals surface area contributed by atoms with Crippen LogP contribution < -0.4 is 21.7 Å². The number of carboxylic acids is 3. The summed E-state index contributed by atoms with van der Waals surface area (Å²) in [7, 11) is 0. The van der Waals surface area contributed by atoms with Crippen LogP contribution in [0.25, 0.3) is 0 Å². The van der Waals surface area contributed by atoms with Crippen molar-refractivity contribution in [3.63, 3.8) is 0 Å². The molecule has 1 rings (SSSR count). The molecular formula is C21H28N4O9. The van der Waals surface area contributed by atoms with Crippen molar-refractivity contribution in [3.05, 3.63) is 35.9 Å². The summed E-state index contributed by atoms with van der Waals surface area (Å²) in [6, 6.07) is 3.19. The number of carbonyl (C=O) groups is 6. The monoisotopic (exact) mass is 480 g/mol. The van der Waals surface area contributed by atoms with Gasteiger partial charge in [0.2, 0.25) is 17.7 Å². The van der Waals surface area contributed by atoms with Gasteiger partial charge in [0.15, 0.2) is 0 Å². The van der Waals surface area contributed by atoms with E-state index >= 15 is 0 Å². The standard InChI is InChI=1S/C21H28N4O9/c1-11(21(33)34)23-19(31)14(7-8-16(26)27)24-20(32)15(10-17(28)29)25-18(30)13(22)9-12-5-3-2-4-6-12/h2-6,11,13-15H,7-10,22H2,1H3,(H,23,31)(H,24,32)(H,25,30)(H,26,27)(H,28,29)(H,33,34). The molecule has 3 amide bonds. The van der Waals surface area contributed by atoms with Crippen molar-refractivity contribution in [2.24, 2.45) is 5.73 Å². The van der Waals surface area contributed by atoms with Crippen LogP contribution >= 0.6 is 0 Å². The zero-order valence-corrected chi connectivity index (χ0v) is 18.4. The Balaban J connectivity index is 2.93. The Morgan fingerprint density at radius 2 is 1.38 bits per heavy atom. The van der Waals surface area contributed by atoms with Gasteiger partial charge in [-0.15, -0.1) is 0 Å². The third-order valence-corrected chi connectivity index (χ3v) is 4.66. The first kappa shape index (κ1) is 28.0. The Hall–Kier alpha value is -4.00. The average Bonchev–Trinajstić information content (AvgIpc) is 2.75. The number of amides is 3. The predicted octanol–water partition coefficient (Wildman–Crippen LogP) is -1.55. The highest BCUT2D eigenvalue weighted by Crippen LogP contribution is 2.05. The summed E-state index contributed by atoms with van der Waals surface area (Å²) in [6.45, 7) is 1.16. The summed E-state index contributed by atoms with van der Waals surface area (Å²) in [5.74, 6) is -6.93. The van der Waals surface area contributed by atoms with Crippen LogP contribution in [0.4, 0.5) is 0 Å². The minimum atomic E-state index is -1.62. The molecule has 186 valence electrons. The minimum Gasteiger partial charge on any atom is -0.481 e. The lowest BCUT2D eigenvalue weighted by Crippen LogP contribution is -2.57. The average molecular weight is 480 g/mol. The Bertz CT molecular complexity index is 907. The highest BCUT2D eigenvalue weighted by Gasteiger charge is 2.31. The highest BCUT2D eigenvalue weighted by molar-refractivity contribution is 5.95. The molecular weight excluding hydrogens is 452 g/mol. The van der Waals surface area contributed by atoms with Gasteiger partial charge in [0, 0.05) is 6.42 Å². The lowest BCUT2D eigenvalue weighted by atomic mass is 10.0.